The van der Waals surface area contributed by atoms with Crippen LogP contribution in [0, 0.1) is 0 Å². The molecule has 5 heteroatoms. The summed E-state index contributed by atoms with van der Waals surface area (Å²) in [5, 5.41) is 2.17. The lowest BCUT2D eigenvalue weighted by Crippen LogP contribution is -2.33. The van der Waals surface area contributed by atoms with Crippen molar-refractivity contribution in [2.45, 2.75) is 19.3 Å². The summed E-state index contributed by atoms with van der Waals surface area (Å²) >= 11 is 0. The molecule has 1 saturated heterocycles. The molecule has 0 saturated carbocycles. The maximum absolute atomic E-state index is 13.7. The van der Waals surface area contributed by atoms with E-state index in [1.165, 1.54) is 19.3 Å². The van der Waals surface area contributed by atoms with Gasteiger partial charge >= 0.3 is 0 Å². The Hall–Kier alpha value is -3.83. The molecule has 4 aromatic carbocycles. The largest absolute Gasteiger partial charge is 0.497 e. The molecule has 0 aliphatic carbocycles. The highest BCUT2D eigenvalue weighted by atomic mass is 16.5. The number of likely N-dealkylation sites (tertiary alicyclic amines) is 1. The lowest BCUT2D eigenvalue weighted by Gasteiger charge is -2.26. The summed E-state index contributed by atoms with van der Waals surface area (Å²) in [7, 11) is 3.28. The zero-order valence-corrected chi connectivity index (χ0v) is 21.5. The molecule has 5 nitrogen and oxygen atoms in total. The van der Waals surface area contributed by atoms with Gasteiger partial charge in [0.15, 0.2) is 5.78 Å². The van der Waals surface area contributed by atoms with Crippen molar-refractivity contribution in [1.82, 2.24) is 4.90 Å². The minimum Gasteiger partial charge on any atom is -0.497 e. The summed E-state index contributed by atoms with van der Waals surface area (Å²) in [5.41, 5.74) is 3.06. The SMILES string of the molecule is COc1ccc(-c2ccc3cc(OC)ccc3c2)c(C(=O)c2ccc(OCCN3CCCCC3)cc2)c1. The van der Waals surface area contributed by atoms with Crippen molar-refractivity contribution in [3.63, 3.8) is 0 Å². The molecule has 5 rings (SSSR count). The normalized spacial score (nSPS) is 13.9. The van der Waals surface area contributed by atoms with Gasteiger partial charge in [-0.25, -0.2) is 0 Å². The molecular formula is C32H33NO4. The highest BCUT2D eigenvalue weighted by Gasteiger charge is 2.17. The Morgan fingerprint density at radius 2 is 1.38 bits per heavy atom. The van der Waals surface area contributed by atoms with Crippen molar-refractivity contribution in [2.24, 2.45) is 0 Å². The van der Waals surface area contributed by atoms with Crippen LogP contribution in [0.3, 0.4) is 0 Å². The third-order valence-corrected chi connectivity index (χ3v) is 7.07. The van der Waals surface area contributed by atoms with Gasteiger partial charge in [-0.05, 0) is 108 Å². The Morgan fingerprint density at radius 3 is 2.14 bits per heavy atom. The summed E-state index contributed by atoms with van der Waals surface area (Å²) in [5.74, 6) is 2.20. The van der Waals surface area contributed by atoms with Crippen molar-refractivity contribution in [2.75, 3.05) is 40.5 Å². The lowest BCUT2D eigenvalue weighted by molar-refractivity contribution is 0.103. The minimum atomic E-state index is -0.0522. The Labute approximate surface area is 218 Å². The molecule has 0 bridgehead atoms. The molecule has 1 fully saturated rings. The van der Waals surface area contributed by atoms with Gasteiger partial charge in [-0.3, -0.25) is 9.69 Å². The Morgan fingerprint density at radius 1 is 0.730 bits per heavy atom. The summed E-state index contributed by atoms with van der Waals surface area (Å²) < 4.78 is 16.8. The van der Waals surface area contributed by atoms with Crippen LogP contribution < -0.4 is 14.2 Å². The van der Waals surface area contributed by atoms with E-state index < -0.39 is 0 Å². The van der Waals surface area contributed by atoms with E-state index in [2.05, 4.69) is 17.0 Å². The van der Waals surface area contributed by atoms with Crippen LogP contribution in [0.15, 0.2) is 78.9 Å². The van der Waals surface area contributed by atoms with Gasteiger partial charge in [0.05, 0.1) is 14.2 Å². The number of rotatable bonds is 9. The molecule has 1 heterocycles. The van der Waals surface area contributed by atoms with Gasteiger partial charge in [-0.2, -0.15) is 0 Å². The monoisotopic (exact) mass is 495 g/mol. The second-order valence-corrected chi connectivity index (χ2v) is 9.44. The van der Waals surface area contributed by atoms with Crippen LogP contribution in [-0.4, -0.2) is 51.1 Å². The van der Waals surface area contributed by atoms with Crippen LogP contribution in [0.2, 0.25) is 0 Å². The summed E-state index contributed by atoms with van der Waals surface area (Å²) in [6, 6.07) is 25.3. The smallest absolute Gasteiger partial charge is 0.193 e. The molecule has 1 aliphatic rings. The van der Waals surface area contributed by atoms with Gasteiger partial charge in [-0.15, -0.1) is 0 Å². The van der Waals surface area contributed by atoms with Crippen molar-refractivity contribution in [3.05, 3.63) is 90.0 Å². The average Bonchev–Trinajstić information content (AvgIpc) is 2.97. The fourth-order valence-electron chi connectivity index (χ4n) is 4.94. The third-order valence-electron chi connectivity index (χ3n) is 7.07. The van der Waals surface area contributed by atoms with Crippen molar-refractivity contribution in [3.8, 4) is 28.4 Å². The molecule has 37 heavy (non-hydrogen) atoms. The van der Waals surface area contributed by atoms with E-state index in [4.69, 9.17) is 14.2 Å². The third kappa shape index (κ3) is 5.78. The number of ether oxygens (including phenoxy) is 3. The van der Waals surface area contributed by atoms with Crippen LogP contribution in [0.1, 0.15) is 35.2 Å². The van der Waals surface area contributed by atoms with E-state index >= 15 is 0 Å². The van der Waals surface area contributed by atoms with Crippen molar-refractivity contribution in [1.29, 1.82) is 0 Å². The van der Waals surface area contributed by atoms with E-state index in [9.17, 15) is 4.79 Å². The Balaban J connectivity index is 1.36. The number of methoxy groups -OCH3 is 2. The molecule has 190 valence electrons. The second-order valence-electron chi connectivity index (χ2n) is 9.44. The van der Waals surface area contributed by atoms with Gasteiger partial charge in [0, 0.05) is 17.7 Å². The summed E-state index contributed by atoms with van der Waals surface area (Å²) in [4.78, 5) is 16.1. The maximum Gasteiger partial charge on any atom is 0.193 e. The fraction of sp³-hybridized carbons (Fsp3) is 0.281. The summed E-state index contributed by atoms with van der Waals surface area (Å²) in [6.07, 6.45) is 3.88. The molecule has 0 radical (unpaired) electrons. The summed E-state index contributed by atoms with van der Waals surface area (Å²) in [6.45, 7) is 3.91. The first-order valence-corrected chi connectivity index (χ1v) is 12.9. The number of piperidine rings is 1. The quantitative estimate of drug-likeness (QED) is 0.244. The Bertz CT molecular complexity index is 1370. The molecule has 0 amide bonds. The number of carbonyl (C=O) groups is 1. The van der Waals surface area contributed by atoms with Crippen molar-refractivity contribution >= 4 is 16.6 Å². The van der Waals surface area contributed by atoms with Crippen LogP contribution in [0.4, 0.5) is 0 Å². The van der Waals surface area contributed by atoms with Gasteiger partial charge in [0.2, 0.25) is 0 Å². The van der Waals surface area contributed by atoms with Crippen LogP contribution in [0.5, 0.6) is 17.2 Å². The standard InChI is InChI=1S/C32H33NO4/c1-35-28-13-10-24-20-26(7-6-25(24)21-28)30-15-14-29(36-2)22-31(30)32(34)23-8-11-27(12-9-23)37-19-18-33-16-4-3-5-17-33/h6-15,20-22H,3-5,16-19H2,1-2H3. The van der Waals surface area contributed by atoms with E-state index in [1.54, 1.807) is 14.2 Å². The molecule has 0 aromatic heterocycles. The minimum absolute atomic E-state index is 0.0522. The van der Waals surface area contributed by atoms with Gasteiger partial charge in [0.1, 0.15) is 23.9 Å². The predicted octanol–water partition coefficient (Wildman–Crippen LogP) is 6.62. The van der Waals surface area contributed by atoms with Crippen molar-refractivity contribution < 1.29 is 19.0 Å². The molecule has 0 N–H and O–H groups in total. The zero-order chi connectivity index (χ0) is 25.6. The highest BCUT2D eigenvalue weighted by Crippen LogP contribution is 2.32. The number of hydrogen-bond acceptors (Lipinski definition) is 5. The number of nitrogens with zero attached hydrogens (tertiary/aromatic N) is 1. The van der Waals surface area contributed by atoms with E-state index in [1.807, 2.05) is 66.7 Å². The molecule has 1 aliphatic heterocycles. The number of carbonyl (C=O) groups excluding carboxylic acids is 1. The average molecular weight is 496 g/mol. The van der Waals surface area contributed by atoms with E-state index in [0.29, 0.717) is 23.5 Å². The van der Waals surface area contributed by atoms with Gasteiger partial charge in [-0.1, -0.05) is 24.6 Å². The van der Waals surface area contributed by atoms with Gasteiger partial charge < -0.3 is 14.2 Å². The van der Waals surface area contributed by atoms with Crippen LogP contribution in [-0.2, 0) is 0 Å². The second kappa shape index (κ2) is 11.5. The number of benzene rings is 4. The van der Waals surface area contributed by atoms with Gasteiger partial charge in [0.25, 0.3) is 0 Å². The lowest BCUT2D eigenvalue weighted by atomic mass is 9.92. The first-order chi connectivity index (χ1) is 18.1. The highest BCUT2D eigenvalue weighted by molar-refractivity contribution is 6.13. The number of fused-ring (bicyclic) bond motifs is 1. The number of hydrogen-bond donors (Lipinski definition) is 0. The molecule has 0 unspecified atom stereocenters. The molecule has 0 spiro atoms. The van der Waals surface area contributed by atoms with E-state index in [0.717, 1.165) is 53.0 Å². The topological polar surface area (TPSA) is 48.0 Å². The predicted molar refractivity (Wildman–Crippen MR) is 148 cm³/mol. The Kier molecular flexibility index (Phi) is 7.71. The van der Waals surface area contributed by atoms with E-state index in [-0.39, 0.29) is 5.78 Å². The zero-order valence-electron chi connectivity index (χ0n) is 21.5. The molecule has 4 aromatic rings. The molecular weight excluding hydrogens is 462 g/mol. The maximum atomic E-state index is 13.7. The van der Waals surface area contributed by atoms with Crippen LogP contribution in [0.25, 0.3) is 21.9 Å². The van der Waals surface area contributed by atoms with Crippen LogP contribution >= 0.6 is 0 Å². The molecule has 0 atom stereocenters. The fourth-order valence-corrected chi connectivity index (χ4v) is 4.94. The first-order valence-electron chi connectivity index (χ1n) is 12.9. The number of ketones is 1. The first kappa shape index (κ1) is 24.8.